The Morgan fingerprint density at radius 1 is 1.16 bits per heavy atom. The first-order valence-corrected chi connectivity index (χ1v) is 10.2. The summed E-state index contributed by atoms with van der Waals surface area (Å²) in [5.41, 5.74) is 1.76. The smallest absolute Gasteiger partial charge is 0.266 e. The summed E-state index contributed by atoms with van der Waals surface area (Å²) in [5.74, 6) is 0.413. The van der Waals surface area contributed by atoms with Crippen molar-refractivity contribution in [3.8, 4) is 5.88 Å². The van der Waals surface area contributed by atoms with Crippen molar-refractivity contribution in [3.63, 3.8) is 0 Å². The second-order valence-corrected chi connectivity index (χ2v) is 7.51. The topological polar surface area (TPSA) is 69.2 Å². The van der Waals surface area contributed by atoms with Crippen molar-refractivity contribution < 1.29 is 22.6 Å². The third-order valence-corrected chi connectivity index (χ3v) is 5.38. The number of methoxy groups -OCH3 is 1. The molecule has 0 unspecified atom stereocenters. The molecule has 1 aromatic carbocycles. The normalized spacial score (nSPS) is 15.0. The average Bonchev–Trinajstić information content (AvgIpc) is 2.78. The van der Waals surface area contributed by atoms with E-state index in [4.69, 9.17) is 9.47 Å². The molecule has 6 nitrogen and oxygen atoms in total. The van der Waals surface area contributed by atoms with Crippen LogP contribution >= 0.6 is 0 Å². The quantitative estimate of drug-likeness (QED) is 0.549. The van der Waals surface area contributed by atoms with E-state index in [9.17, 15) is 13.2 Å². The number of fused-ring (bicyclic) bond motifs is 1. The molecule has 1 atom stereocenters. The largest absolute Gasteiger partial charge is 0.481 e. The van der Waals surface area contributed by atoms with Crippen LogP contribution in [0.1, 0.15) is 48.3 Å². The first-order chi connectivity index (χ1) is 15.4. The highest BCUT2D eigenvalue weighted by Gasteiger charge is 2.22. The fourth-order valence-corrected chi connectivity index (χ4v) is 3.77. The lowest BCUT2D eigenvalue weighted by atomic mass is 10.0. The van der Waals surface area contributed by atoms with Gasteiger partial charge in [-0.25, -0.2) is 23.1 Å². The van der Waals surface area contributed by atoms with Gasteiger partial charge in [0.25, 0.3) is 6.43 Å². The van der Waals surface area contributed by atoms with Crippen LogP contribution in [0.5, 0.6) is 5.88 Å². The van der Waals surface area contributed by atoms with E-state index in [1.54, 1.807) is 21.0 Å². The van der Waals surface area contributed by atoms with Gasteiger partial charge in [0.05, 0.1) is 37.3 Å². The number of hydrogen-bond donors (Lipinski definition) is 1. The van der Waals surface area contributed by atoms with Gasteiger partial charge in [0.15, 0.2) is 5.65 Å². The van der Waals surface area contributed by atoms with Crippen molar-refractivity contribution >= 4 is 22.4 Å². The number of aryl methyl sites for hydroxylation is 1. The van der Waals surface area contributed by atoms with Crippen molar-refractivity contribution in [2.75, 3.05) is 25.6 Å². The Bertz CT molecular complexity index is 1180. The van der Waals surface area contributed by atoms with Gasteiger partial charge in [0.1, 0.15) is 17.5 Å². The van der Waals surface area contributed by atoms with Crippen molar-refractivity contribution in [1.29, 1.82) is 0 Å². The molecule has 0 amide bonds. The van der Waals surface area contributed by atoms with E-state index < -0.39 is 23.8 Å². The van der Waals surface area contributed by atoms with E-state index in [-0.39, 0.29) is 5.56 Å². The minimum atomic E-state index is -2.89. The van der Waals surface area contributed by atoms with Gasteiger partial charge in [-0.05, 0) is 31.9 Å². The zero-order chi connectivity index (χ0) is 22.8. The van der Waals surface area contributed by atoms with Crippen molar-refractivity contribution in [1.82, 2.24) is 15.0 Å². The first kappa shape index (κ1) is 22.0. The number of hydrogen-bond acceptors (Lipinski definition) is 6. The van der Waals surface area contributed by atoms with Gasteiger partial charge in [0, 0.05) is 11.1 Å². The van der Waals surface area contributed by atoms with Crippen molar-refractivity contribution in [2.45, 2.75) is 32.7 Å². The molecule has 0 aliphatic carbocycles. The molecule has 9 heteroatoms. The lowest BCUT2D eigenvalue weighted by Crippen LogP contribution is -2.13. The summed E-state index contributed by atoms with van der Waals surface area (Å²) in [7, 11) is 1.55. The van der Waals surface area contributed by atoms with Crippen LogP contribution in [0.15, 0.2) is 30.3 Å². The minimum absolute atomic E-state index is 0.126. The minimum Gasteiger partial charge on any atom is -0.481 e. The number of rotatable bonds is 6. The molecule has 0 spiro atoms. The highest BCUT2D eigenvalue weighted by atomic mass is 19.3. The number of ether oxygens (including phenoxy) is 2. The highest BCUT2D eigenvalue weighted by Crippen LogP contribution is 2.34. The number of alkyl halides is 2. The number of anilines is 1. The Morgan fingerprint density at radius 2 is 1.94 bits per heavy atom. The standard InChI is InChI=1S/C23H23F3N4O2/c1-12(15-5-4-6-16(19(15)24)20(25)26)27-21-18-11-17(14-7-9-32-10-8-14)23(31-3)30-22(18)29-13(2)28-21/h4-7,11-12,20H,8-10H2,1-3H3,(H,27,28,29,30)/t12-/m1/s1. The second-order valence-electron chi connectivity index (χ2n) is 7.51. The molecule has 3 aromatic rings. The molecule has 1 aliphatic rings. The number of aromatic nitrogens is 3. The molecular formula is C23H23F3N4O2. The molecule has 168 valence electrons. The highest BCUT2D eigenvalue weighted by molar-refractivity contribution is 5.90. The van der Waals surface area contributed by atoms with E-state index in [1.165, 1.54) is 12.1 Å². The van der Waals surface area contributed by atoms with Gasteiger partial charge in [-0.15, -0.1) is 0 Å². The van der Waals surface area contributed by atoms with Crippen LogP contribution in [0.2, 0.25) is 0 Å². The molecule has 1 N–H and O–H groups in total. The lowest BCUT2D eigenvalue weighted by Gasteiger charge is -2.20. The summed E-state index contributed by atoms with van der Waals surface area (Å²) in [4.78, 5) is 13.4. The fraction of sp³-hybridized carbons (Fsp3) is 0.348. The maximum Gasteiger partial charge on any atom is 0.266 e. The molecule has 2 aromatic heterocycles. The summed E-state index contributed by atoms with van der Waals surface area (Å²) >= 11 is 0. The predicted octanol–water partition coefficient (Wildman–Crippen LogP) is 5.40. The summed E-state index contributed by atoms with van der Waals surface area (Å²) < 4.78 is 51.8. The number of nitrogens with zero attached hydrogens (tertiary/aromatic N) is 3. The molecule has 3 heterocycles. The van der Waals surface area contributed by atoms with Crippen LogP contribution in [0.3, 0.4) is 0 Å². The Kier molecular flexibility index (Phi) is 6.27. The zero-order valence-corrected chi connectivity index (χ0v) is 18.0. The monoisotopic (exact) mass is 444 g/mol. The third kappa shape index (κ3) is 4.25. The Labute approximate surface area is 183 Å². The van der Waals surface area contributed by atoms with Gasteiger partial charge < -0.3 is 14.8 Å². The molecule has 0 radical (unpaired) electrons. The van der Waals surface area contributed by atoms with Crippen LogP contribution in [-0.4, -0.2) is 35.3 Å². The molecule has 0 fully saturated rings. The maximum absolute atomic E-state index is 14.7. The van der Waals surface area contributed by atoms with E-state index in [0.717, 1.165) is 17.2 Å². The third-order valence-electron chi connectivity index (χ3n) is 5.38. The Morgan fingerprint density at radius 3 is 2.62 bits per heavy atom. The predicted molar refractivity (Wildman–Crippen MR) is 115 cm³/mol. The SMILES string of the molecule is COc1nc2nc(C)nc(N[C@H](C)c3cccc(C(F)F)c3F)c2cc1C1=CCOCC1. The van der Waals surface area contributed by atoms with Gasteiger partial charge in [-0.2, -0.15) is 4.98 Å². The second kappa shape index (κ2) is 9.12. The molecule has 32 heavy (non-hydrogen) atoms. The molecule has 4 rings (SSSR count). The fourth-order valence-electron chi connectivity index (χ4n) is 3.77. The number of pyridine rings is 1. The van der Waals surface area contributed by atoms with E-state index in [0.29, 0.717) is 48.2 Å². The summed E-state index contributed by atoms with van der Waals surface area (Å²) in [6.07, 6.45) is -0.206. The van der Waals surface area contributed by atoms with E-state index >= 15 is 0 Å². The molecule has 1 aliphatic heterocycles. The molecular weight excluding hydrogens is 421 g/mol. The number of halogens is 3. The van der Waals surface area contributed by atoms with Gasteiger partial charge in [-0.1, -0.05) is 24.3 Å². The maximum atomic E-state index is 14.7. The summed E-state index contributed by atoms with van der Waals surface area (Å²) in [6, 6.07) is 5.25. The Balaban J connectivity index is 1.79. The lowest BCUT2D eigenvalue weighted by molar-refractivity contribution is 0.146. The molecule has 0 bridgehead atoms. The van der Waals surface area contributed by atoms with E-state index in [1.807, 2.05) is 12.1 Å². The van der Waals surface area contributed by atoms with Crippen LogP contribution in [0.4, 0.5) is 19.0 Å². The molecule has 0 saturated carbocycles. The molecule has 0 saturated heterocycles. The summed E-state index contributed by atoms with van der Waals surface area (Å²) in [5, 5.41) is 3.78. The zero-order valence-electron chi connectivity index (χ0n) is 18.0. The summed E-state index contributed by atoms with van der Waals surface area (Å²) in [6.45, 7) is 4.51. The van der Waals surface area contributed by atoms with Crippen LogP contribution < -0.4 is 10.1 Å². The van der Waals surface area contributed by atoms with Gasteiger partial charge in [-0.3, -0.25) is 0 Å². The van der Waals surface area contributed by atoms with Crippen LogP contribution in [0, 0.1) is 12.7 Å². The van der Waals surface area contributed by atoms with Crippen molar-refractivity contribution in [2.24, 2.45) is 0 Å². The Hall–Kier alpha value is -3.20. The van der Waals surface area contributed by atoms with Gasteiger partial charge in [0.2, 0.25) is 5.88 Å². The van der Waals surface area contributed by atoms with Crippen molar-refractivity contribution in [3.05, 3.63) is 58.7 Å². The number of benzene rings is 1. The van der Waals surface area contributed by atoms with Crippen LogP contribution in [0.25, 0.3) is 16.6 Å². The van der Waals surface area contributed by atoms with Crippen LogP contribution in [-0.2, 0) is 4.74 Å². The van der Waals surface area contributed by atoms with Gasteiger partial charge >= 0.3 is 0 Å². The first-order valence-electron chi connectivity index (χ1n) is 10.2. The van der Waals surface area contributed by atoms with E-state index in [2.05, 4.69) is 20.3 Å². The average molecular weight is 444 g/mol. The number of nitrogens with one attached hydrogen (secondary N) is 1.